The standard InChI is InChI=1S/C18H17N7O/c19-8-10-4-5-13-14(6-10)26-16-15-17(13,11-2-1-3-12(20)7-11)24-18(15,21)25(22)9-23-16/h1-7,23-24H,9,20-22H2. The van der Waals surface area contributed by atoms with Gasteiger partial charge in [0, 0.05) is 11.3 Å². The minimum absolute atomic E-state index is 0.322. The van der Waals surface area contributed by atoms with E-state index < -0.39 is 11.3 Å². The maximum absolute atomic E-state index is 9.23. The highest BCUT2D eigenvalue weighted by molar-refractivity contribution is 5.66. The Labute approximate surface area is 149 Å². The first-order chi connectivity index (χ1) is 12.5. The van der Waals surface area contributed by atoms with Gasteiger partial charge in [0.1, 0.15) is 11.3 Å². The summed E-state index contributed by atoms with van der Waals surface area (Å²) in [5.41, 5.74) is 15.6. The number of rotatable bonds is 1. The molecule has 3 heterocycles. The van der Waals surface area contributed by atoms with Crippen molar-refractivity contribution in [2.45, 2.75) is 11.3 Å². The molecule has 0 amide bonds. The van der Waals surface area contributed by atoms with Crippen LogP contribution in [-0.2, 0) is 5.54 Å². The fourth-order valence-corrected chi connectivity index (χ4v) is 4.09. The minimum atomic E-state index is -1.03. The van der Waals surface area contributed by atoms with Gasteiger partial charge in [-0.15, -0.1) is 0 Å². The predicted molar refractivity (Wildman–Crippen MR) is 94.5 cm³/mol. The van der Waals surface area contributed by atoms with E-state index in [1.165, 1.54) is 5.01 Å². The second kappa shape index (κ2) is 4.75. The number of ether oxygens (including phenoxy) is 1. The minimum Gasteiger partial charge on any atom is -0.441 e. The Bertz CT molecular complexity index is 1030. The number of hydrazine groups is 1. The van der Waals surface area contributed by atoms with Crippen LogP contribution in [-0.4, -0.2) is 17.5 Å². The van der Waals surface area contributed by atoms with E-state index in [-0.39, 0.29) is 0 Å². The van der Waals surface area contributed by atoms with Crippen molar-refractivity contribution in [3.05, 3.63) is 70.6 Å². The van der Waals surface area contributed by atoms with Crippen molar-refractivity contribution in [1.29, 1.82) is 5.26 Å². The number of hydrogen-bond donors (Lipinski definition) is 5. The topological polar surface area (TPSA) is 138 Å². The van der Waals surface area contributed by atoms with Crippen LogP contribution < -0.4 is 32.7 Å². The summed E-state index contributed by atoms with van der Waals surface area (Å²) >= 11 is 0. The van der Waals surface area contributed by atoms with Crippen LogP contribution in [0.1, 0.15) is 16.7 Å². The lowest BCUT2D eigenvalue weighted by Gasteiger charge is -2.64. The van der Waals surface area contributed by atoms with Crippen LogP contribution in [0.5, 0.6) is 5.75 Å². The Morgan fingerprint density at radius 1 is 1.23 bits per heavy atom. The third kappa shape index (κ3) is 1.65. The number of nitriles is 1. The maximum Gasteiger partial charge on any atom is 0.200 e. The van der Waals surface area contributed by atoms with Gasteiger partial charge in [-0.2, -0.15) is 10.3 Å². The highest BCUT2D eigenvalue weighted by Gasteiger charge is 2.67. The van der Waals surface area contributed by atoms with Crippen LogP contribution in [0.15, 0.2) is 53.9 Å². The lowest BCUT2D eigenvalue weighted by Crippen LogP contribution is -2.87. The largest absolute Gasteiger partial charge is 0.441 e. The number of nitrogens with zero attached hydrogens (tertiary/aromatic N) is 2. The van der Waals surface area contributed by atoms with Crippen LogP contribution in [0.4, 0.5) is 5.69 Å². The van der Waals surface area contributed by atoms with Gasteiger partial charge in [-0.25, -0.2) is 0 Å². The summed E-state index contributed by atoms with van der Waals surface area (Å²) in [5, 5.41) is 17.3. The Hall–Kier alpha value is -3.09. The summed E-state index contributed by atoms with van der Waals surface area (Å²) < 4.78 is 6.05. The number of anilines is 1. The SMILES string of the molecule is N#Cc1ccc2c(c1)OC1=C3C2(c2cccc(N)c2)NC3(N)N(N)CN1. The van der Waals surface area contributed by atoms with E-state index in [2.05, 4.69) is 16.7 Å². The van der Waals surface area contributed by atoms with E-state index in [4.69, 9.17) is 22.0 Å². The monoisotopic (exact) mass is 347 g/mol. The number of nitrogens with two attached hydrogens (primary N) is 3. The van der Waals surface area contributed by atoms with E-state index in [0.717, 1.165) is 16.7 Å². The molecule has 1 fully saturated rings. The van der Waals surface area contributed by atoms with Crippen molar-refractivity contribution >= 4 is 5.69 Å². The fraction of sp³-hybridized carbons (Fsp3) is 0.167. The zero-order valence-electron chi connectivity index (χ0n) is 13.8. The van der Waals surface area contributed by atoms with Gasteiger partial charge in [-0.3, -0.25) is 16.9 Å². The van der Waals surface area contributed by atoms with Crippen molar-refractivity contribution in [1.82, 2.24) is 15.6 Å². The van der Waals surface area contributed by atoms with E-state index in [0.29, 0.717) is 29.6 Å². The molecule has 8 heteroatoms. The zero-order valence-corrected chi connectivity index (χ0v) is 13.8. The van der Waals surface area contributed by atoms with Gasteiger partial charge in [0.15, 0.2) is 5.79 Å². The molecule has 0 bridgehead atoms. The molecule has 8 nitrogen and oxygen atoms in total. The summed E-state index contributed by atoms with van der Waals surface area (Å²) in [6.07, 6.45) is 0. The molecule has 5 rings (SSSR count). The molecular weight excluding hydrogens is 330 g/mol. The third-order valence-electron chi connectivity index (χ3n) is 5.27. The van der Waals surface area contributed by atoms with E-state index >= 15 is 0 Å². The van der Waals surface area contributed by atoms with E-state index in [1.54, 1.807) is 12.1 Å². The smallest absolute Gasteiger partial charge is 0.200 e. The Morgan fingerprint density at radius 2 is 2.08 bits per heavy atom. The van der Waals surface area contributed by atoms with Crippen LogP contribution in [0, 0.1) is 11.3 Å². The van der Waals surface area contributed by atoms with Crippen molar-refractivity contribution in [2.75, 3.05) is 12.4 Å². The van der Waals surface area contributed by atoms with Gasteiger partial charge >= 0.3 is 0 Å². The third-order valence-corrected chi connectivity index (χ3v) is 5.27. The Balaban J connectivity index is 1.81. The van der Waals surface area contributed by atoms with Gasteiger partial charge in [0.2, 0.25) is 5.88 Å². The number of hydrogen-bond acceptors (Lipinski definition) is 8. The molecular formula is C18H17N7O. The molecule has 2 atom stereocenters. The normalized spacial score (nSPS) is 28.8. The molecule has 130 valence electrons. The highest BCUT2D eigenvalue weighted by Crippen LogP contribution is 2.56. The molecule has 8 N–H and O–H groups in total. The van der Waals surface area contributed by atoms with Crippen LogP contribution >= 0.6 is 0 Å². The summed E-state index contributed by atoms with van der Waals surface area (Å²) in [7, 11) is 0. The van der Waals surface area contributed by atoms with Crippen LogP contribution in [0.25, 0.3) is 0 Å². The highest BCUT2D eigenvalue weighted by atomic mass is 16.5. The lowest BCUT2D eigenvalue weighted by molar-refractivity contribution is -0.0364. The Kier molecular flexibility index (Phi) is 2.77. The van der Waals surface area contributed by atoms with Crippen LogP contribution in [0.3, 0.4) is 0 Å². The first-order valence-corrected chi connectivity index (χ1v) is 8.17. The molecule has 0 radical (unpaired) electrons. The van der Waals surface area contributed by atoms with Gasteiger partial charge < -0.3 is 15.8 Å². The summed E-state index contributed by atoms with van der Waals surface area (Å²) in [6.45, 7) is 0.322. The van der Waals surface area contributed by atoms with Crippen molar-refractivity contribution < 1.29 is 4.74 Å². The molecule has 0 aliphatic carbocycles. The molecule has 0 spiro atoms. The fourth-order valence-electron chi connectivity index (χ4n) is 4.09. The van der Waals surface area contributed by atoms with Gasteiger partial charge in [-0.05, 0) is 29.8 Å². The number of nitrogen functional groups attached to an aromatic ring is 1. The molecule has 3 aliphatic heterocycles. The quantitative estimate of drug-likeness (QED) is 0.357. The second-order valence-electron chi connectivity index (χ2n) is 6.70. The number of nitrogens with one attached hydrogen (secondary N) is 2. The molecule has 0 saturated carbocycles. The molecule has 2 unspecified atom stereocenters. The lowest BCUT2D eigenvalue weighted by atomic mass is 9.65. The van der Waals surface area contributed by atoms with Crippen molar-refractivity contribution in [3.8, 4) is 11.8 Å². The van der Waals surface area contributed by atoms with E-state index in [1.807, 2.05) is 30.3 Å². The second-order valence-corrected chi connectivity index (χ2v) is 6.70. The number of benzene rings is 2. The molecule has 2 aromatic rings. The van der Waals surface area contributed by atoms with Gasteiger partial charge in [-0.1, -0.05) is 18.2 Å². The average molecular weight is 347 g/mol. The molecule has 2 aromatic carbocycles. The first kappa shape index (κ1) is 15.2. The Morgan fingerprint density at radius 3 is 2.85 bits per heavy atom. The summed E-state index contributed by atoms with van der Waals surface area (Å²) in [4.78, 5) is 0. The molecule has 3 aliphatic rings. The predicted octanol–water partition coefficient (Wildman–Crippen LogP) is -0.0598. The zero-order chi connectivity index (χ0) is 18.1. The molecule has 1 saturated heterocycles. The maximum atomic E-state index is 9.23. The van der Waals surface area contributed by atoms with Crippen molar-refractivity contribution in [2.24, 2.45) is 11.6 Å². The van der Waals surface area contributed by atoms with Crippen molar-refractivity contribution in [3.63, 3.8) is 0 Å². The summed E-state index contributed by atoms with van der Waals surface area (Å²) in [5.74, 6) is 6.23. The van der Waals surface area contributed by atoms with Gasteiger partial charge in [0.05, 0.1) is 23.9 Å². The van der Waals surface area contributed by atoms with E-state index in [9.17, 15) is 5.26 Å². The molecule has 0 aromatic heterocycles. The average Bonchev–Trinajstić information content (AvgIpc) is 2.62. The summed E-state index contributed by atoms with van der Waals surface area (Å²) in [6, 6.07) is 15.1. The van der Waals surface area contributed by atoms with Crippen LogP contribution in [0.2, 0.25) is 0 Å². The first-order valence-electron chi connectivity index (χ1n) is 8.17. The van der Waals surface area contributed by atoms with Gasteiger partial charge in [0.25, 0.3) is 0 Å². The number of fused-ring (bicyclic) bond motifs is 2. The molecule has 26 heavy (non-hydrogen) atoms.